The van der Waals surface area contributed by atoms with Gasteiger partial charge < -0.3 is 13.9 Å². The Morgan fingerprint density at radius 3 is 2.39 bits per heavy atom. The fourth-order valence-electron chi connectivity index (χ4n) is 4.09. The second-order valence-electron chi connectivity index (χ2n) is 7.96. The van der Waals surface area contributed by atoms with E-state index in [9.17, 15) is 21.6 Å². The smallest absolute Gasteiger partial charge is 0.377 e. The van der Waals surface area contributed by atoms with Gasteiger partial charge in [0, 0.05) is 28.5 Å². The molecule has 0 aliphatic carbocycles. The van der Waals surface area contributed by atoms with Gasteiger partial charge in [-0.2, -0.15) is 13.2 Å². The summed E-state index contributed by atoms with van der Waals surface area (Å²) in [5.74, 6) is 0. The monoisotopic (exact) mass is 476 g/mol. The number of aromatic nitrogens is 3. The molecule has 0 saturated carbocycles. The third kappa shape index (κ3) is 3.71. The molecule has 0 amide bonds. The summed E-state index contributed by atoms with van der Waals surface area (Å²) >= 11 is 0. The predicted molar refractivity (Wildman–Crippen MR) is 115 cm³/mol. The number of halogens is 3. The van der Waals surface area contributed by atoms with Crippen molar-refractivity contribution in [1.82, 2.24) is 14.1 Å². The quantitative estimate of drug-likeness (QED) is 0.481. The average molecular weight is 476 g/mol. The van der Waals surface area contributed by atoms with Crippen molar-refractivity contribution in [2.75, 3.05) is 13.2 Å². The van der Waals surface area contributed by atoms with Crippen molar-refractivity contribution in [2.45, 2.75) is 24.0 Å². The summed E-state index contributed by atoms with van der Waals surface area (Å²) in [5.41, 5.74) is 2.36. The maximum absolute atomic E-state index is 13.0. The van der Waals surface area contributed by atoms with Gasteiger partial charge in [-0.05, 0) is 49.4 Å². The molecule has 33 heavy (non-hydrogen) atoms. The van der Waals surface area contributed by atoms with Crippen LogP contribution in [-0.2, 0) is 20.9 Å². The van der Waals surface area contributed by atoms with Gasteiger partial charge in [0.2, 0.25) is 10.0 Å². The first-order valence-corrected chi connectivity index (χ1v) is 11.6. The molecular formula is C22H19F3N4O3S. The molecule has 11 heteroatoms. The van der Waals surface area contributed by atoms with Crippen LogP contribution in [0.25, 0.3) is 27.8 Å². The zero-order valence-electron chi connectivity index (χ0n) is 17.4. The van der Waals surface area contributed by atoms with Crippen LogP contribution in [0, 0.1) is 6.92 Å². The number of hydrogen-bond donors (Lipinski definition) is 1. The van der Waals surface area contributed by atoms with E-state index < -0.39 is 21.8 Å². The zero-order chi connectivity index (χ0) is 23.5. The first kappa shape index (κ1) is 21.7. The van der Waals surface area contributed by atoms with E-state index in [1.54, 1.807) is 17.0 Å². The summed E-state index contributed by atoms with van der Waals surface area (Å²) in [6.07, 6.45) is -0.900. The number of hydrogen-bond acceptors (Lipinski definition) is 4. The maximum Gasteiger partial charge on any atom is 0.416 e. The Hall–Kier alpha value is -3.15. The number of sulfonamides is 1. The fraction of sp³-hybridized carbons (Fsp3) is 0.227. The van der Waals surface area contributed by atoms with Crippen LogP contribution in [-0.4, -0.2) is 35.7 Å². The zero-order valence-corrected chi connectivity index (χ0v) is 18.2. The first-order chi connectivity index (χ1) is 15.5. The Kier molecular flexibility index (Phi) is 4.89. The van der Waals surface area contributed by atoms with Gasteiger partial charge in [0.25, 0.3) is 0 Å². The van der Waals surface area contributed by atoms with Crippen LogP contribution in [0.4, 0.5) is 13.2 Å². The number of ether oxygens (including phenoxy) is 1. The van der Waals surface area contributed by atoms with Gasteiger partial charge in [0.15, 0.2) is 0 Å². The number of nitrogens with two attached hydrogens (primary N) is 1. The van der Waals surface area contributed by atoms with Crippen molar-refractivity contribution in [3.05, 3.63) is 66.2 Å². The number of rotatable bonds is 4. The number of nitrogens with zero attached hydrogens (tertiary/aromatic N) is 3. The Morgan fingerprint density at radius 2 is 1.82 bits per heavy atom. The standard InChI is InChI=1S/C22H19F3N4O3S/c1-13-21(19-9-28(12-27-19)16-10-32-11-16)18-8-17(33(26,30)31)6-7-20(18)29(13)15-4-2-14(3-5-15)22(23,24)25/h2-9,12,16H,10-11H2,1H3,(H2,26,30,31). The Labute approximate surface area is 187 Å². The second-order valence-corrected chi connectivity index (χ2v) is 9.52. The summed E-state index contributed by atoms with van der Waals surface area (Å²) < 4.78 is 72.1. The maximum atomic E-state index is 13.0. The van der Waals surface area contributed by atoms with Gasteiger partial charge in [-0.15, -0.1) is 0 Å². The lowest BCUT2D eigenvalue weighted by molar-refractivity contribution is -0.137. The molecule has 1 aliphatic rings. The Balaban J connectivity index is 1.73. The van der Waals surface area contributed by atoms with E-state index in [1.165, 1.54) is 24.3 Å². The van der Waals surface area contributed by atoms with E-state index in [0.717, 1.165) is 12.1 Å². The fourth-order valence-corrected chi connectivity index (χ4v) is 4.63. The summed E-state index contributed by atoms with van der Waals surface area (Å²) in [5, 5.41) is 5.92. The highest BCUT2D eigenvalue weighted by molar-refractivity contribution is 7.89. The largest absolute Gasteiger partial charge is 0.416 e. The van der Waals surface area contributed by atoms with Crippen LogP contribution in [0.5, 0.6) is 0 Å². The number of imidazole rings is 1. The lowest BCUT2D eigenvalue weighted by Gasteiger charge is -2.26. The third-order valence-electron chi connectivity index (χ3n) is 5.86. The molecular weight excluding hydrogens is 457 g/mol. The molecule has 1 aliphatic heterocycles. The Bertz CT molecular complexity index is 1470. The number of benzene rings is 2. The molecule has 7 nitrogen and oxygen atoms in total. The van der Waals surface area contributed by atoms with E-state index >= 15 is 0 Å². The number of fused-ring (bicyclic) bond motifs is 1. The van der Waals surface area contributed by atoms with Crippen LogP contribution in [0.15, 0.2) is 59.9 Å². The van der Waals surface area contributed by atoms with Gasteiger partial charge in [0.05, 0.1) is 47.3 Å². The van der Waals surface area contributed by atoms with Crippen molar-refractivity contribution in [1.29, 1.82) is 0 Å². The van der Waals surface area contributed by atoms with Gasteiger partial charge in [0.1, 0.15) is 0 Å². The second kappa shape index (κ2) is 7.44. The number of primary sulfonamides is 1. The normalized spacial score (nSPS) is 15.2. The van der Waals surface area contributed by atoms with Crippen molar-refractivity contribution in [2.24, 2.45) is 5.14 Å². The molecule has 0 radical (unpaired) electrons. The average Bonchev–Trinajstić information content (AvgIpc) is 3.26. The summed E-state index contributed by atoms with van der Waals surface area (Å²) in [6.45, 7) is 2.98. The molecule has 0 bridgehead atoms. The minimum absolute atomic E-state index is 0.0624. The van der Waals surface area contributed by atoms with E-state index in [1.807, 2.05) is 17.7 Å². The van der Waals surface area contributed by atoms with Gasteiger partial charge in [-0.3, -0.25) is 0 Å². The molecule has 0 atom stereocenters. The molecule has 1 saturated heterocycles. The summed E-state index contributed by atoms with van der Waals surface area (Å²) in [6, 6.07) is 9.43. The van der Waals surface area contributed by atoms with E-state index in [-0.39, 0.29) is 10.9 Å². The van der Waals surface area contributed by atoms with Crippen molar-refractivity contribution >= 4 is 20.9 Å². The molecule has 2 N–H and O–H groups in total. The van der Waals surface area contributed by atoms with E-state index in [0.29, 0.717) is 46.8 Å². The Morgan fingerprint density at radius 1 is 1.12 bits per heavy atom. The highest BCUT2D eigenvalue weighted by Crippen LogP contribution is 2.38. The molecule has 0 unspecified atom stereocenters. The third-order valence-corrected chi connectivity index (χ3v) is 6.77. The first-order valence-electron chi connectivity index (χ1n) is 10.0. The molecule has 2 aromatic carbocycles. The van der Waals surface area contributed by atoms with Gasteiger partial charge >= 0.3 is 6.18 Å². The van der Waals surface area contributed by atoms with Crippen molar-refractivity contribution in [3.8, 4) is 16.9 Å². The molecule has 0 spiro atoms. The van der Waals surface area contributed by atoms with Gasteiger partial charge in [-0.1, -0.05) is 0 Å². The van der Waals surface area contributed by atoms with Crippen LogP contribution in [0.2, 0.25) is 0 Å². The summed E-state index contributed by atoms with van der Waals surface area (Å²) in [7, 11) is -3.96. The van der Waals surface area contributed by atoms with E-state index in [2.05, 4.69) is 4.98 Å². The minimum atomic E-state index is -4.44. The molecule has 4 aromatic rings. The lowest BCUT2D eigenvalue weighted by atomic mass is 10.1. The van der Waals surface area contributed by atoms with Crippen LogP contribution < -0.4 is 5.14 Å². The molecule has 2 aromatic heterocycles. The van der Waals surface area contributed by atoms with Crippen molar-refractivity contribution < 1.29 is 26.3 Å². The lowest BCUT2D eigenvalue weighted by Crippen LogP contribution is -2.29. The van der Waals surface area contributed by atoms with Crippen molar-refractivity contribution in [3.63, 3.8) is 0 Å². The highest BCUT2D eigenvalue weighted by Gasteiger charge is 2.30. The van der Waals surface area contributed by atoms with Crippen LogP contribution >= 0.6 is 0 Å². The van der Waals surface area contributed by atoms with Gasteiger partial charge in [-0.25, -0.2) is 18.5 Å². The minimum Gasteiger partial charge on any atom is -0.377 e. The molecule has 172 valence electrons. The van der Waals surface area contributed by atoms with Crippen LogP contribution in [0.1, 0.15) is 17.3 Å². The SMILES string of the molecule is Cc1c(-c2cn(C3COC3)cn2)c2cc(S(N)(=O)=O)ccc2n1-c1ccc(C(F)(F)F)cc1. The molecule has 3 heterocycles. The highest BCUT2D eigenvalue weighted by atomic mass is 32.2. The van der Waals surface area contributed by atoms with Crippen LogP contribution in [0.3, 0.4) is 0 Å². The summed E-state index contributed by atoms with van der Waals surface area (Å²) in [4.78, 5) is 4.45. The number of alkyl halides is 3. The molecule has 1 fully saturated rings. The molecule has 5 rings (SSSR count). The topological polar surface area (TPSA) is 92.1 Å². The predicted octanol–water partition coefficient (Wildman–Crippen LogP) is 4.04. The van der Waals surface area contributed by atoms with E-state index in [4.69, 9.17) is 9.88 Å².